The van der Waals surface area contributed by atoms with Crippen molar-refractivity contribution in [1.82, 2.24) is 0 Å². The molecule has 2 rings (SSSR count). The molecule has 1 aromatic rings. The third kappa shape index (κ3) is 3.66. The van der Waals surface area contributed by atoms with Gasteiger partial charge in [0.05, 0.1) is 6.61 Å². The molecule has 0 radical (unpaired) electrons. The molecule has 0 unspecified atom stereocenters. The van der Waals surface area contributed by atoms with Crippen LogP contribution in [-0.4, -0.2) is 19.8 Å². The van der Waals surface area contributed by atoms with Gasteiger partial charge in [-0.3, -0.25) is 0 Å². The molecular formula is C12H15N3O2. The minimum atomic E-state index is 0.584. The van der Waals surface area contributed by atoms with Crippen LogP contribution in [0.25, 0.3) is 10.4 Å². The summed E-state index contributed by atoms with van der Waals surface area (Å²) < 4.78 is 11.0. The molecule has 1 heterocycles. The lowest BCUT2D eigenvalue weighted by Gasteiger charge is -2.22. The van der Waals surface area contributed by atoms with E-state index >= 15 is 0 Å². The van der Waals surface area contributed by atoms with Crippen LogP contribution in [0.5, 0.6) is 5.75 Å². The Bertz CT molecular complexity index is 393. The number of hydrogen-bond acceptors (Lipinski definition) is 3. The zero-order valence-electron chi connectivity index (χ0n) is 9.58. The highest BCUT2D eigenvalue weighted by atomic mass is 16.5. The number of azide groups is 1. The lowest BCUT2D eigenvalue weighted by atomic mass is 10.0. The van der Waals surface area contributed by atoms with Crippen molar-refractivity contribution in [3.05, 3.63) is 34.7 Å². The van der Waals surface area contributed by atoms with Crippen molar-refractivity contribution >= 4 is 5.69 Å². The van der Waals surface area contributed by atoms with Crippen LogP contribution in [0.1, 0.15) is 12.8 Å². The van der Waals surface area contributed by atoms with Gasteiger partial charge in [0.2, 0.25) is 0 Å². The quantitative estimate of drug-likeness (QED) is 0.454. The standard InChI is InChI=1S/C12H15N3O2/c13-15-14-11-1-3-12(4-2-11)17-9-10-5-7-16-8-6-10/h1-4,10H,5-9H2. The summed E-state index contributed by atoms with van der Waals surface area (Å²) in [6.07, 6.45) is 2.13. The lowest BCUT2D eigenvalue weighted by molar-refractivity contribution is 0.0497. The average molecular weight is 233 g/mol. The molecule has 0 saturated carbocycles. The second kappa shape index (κ2) is 6.13. The van der Waals surface area contributed by atoms with Crippen molar-refractivity contribution in [3.63, 3.8) is 0 Å². The summed E-state index contributed by atoms with van der Waals surface area (Å²) in [5.41, 5.74) is 8.88. The van der Waals surface area contributed by atoms with E-state index in [1.54, 1.807) is 12.1 Å². The summed E-state index contributed by atoms with van der Waals surface area (Å²) >= 11 is 0. The number of rotatable bonds is 4. The fourth-order valence-corrected chi connectivity index (χ4v) is 1.79. The fraction of sp³-hybridized carbons (Fsp3) is 0.500. The molecule has 17 heavy (non-hydrogen) atoms. The van der Waals surface area contributed by atoms with Crippen molar-refractivity contribution in [2.24, 2.45) is 11.0 Å². The summed E-state index contributed by atoms with van der Waals surface area (Å²) in [5, 5.41) is 3.51. The Morgan fingerprint density at radius 1 is 1.29 bits per heavy atom. The van der Waals surface area contributed by atoms with Crippen LogP contribution in [0.2, 0.25) is 0 Å². The smallest absolute Gasteiger partial charge is 0.119 e. The van der Waals surface area contributed by atoms with Crippen LogP contribution >= 0.6 is 0 Å². The number of hydrogen-bond donors (Lipinski definition) is 0. The molecule has 1 aliphatic rings. The minimum Gasteiger partial charge on any atom is -0.493 e. The van der Waals surface area contributed by atoms with Gasteiger partial charge in [-0.1, -0.05) is 5.11 Å². The van der Waals surface area contributed by atoms with Crippen LogP contribution in [0.3, 0.4) is 0 Å². The first-order valence-corrected chi connectivity index (χ1v) is 5.74. The van der Waals surface area contributed by atoms with Crippen molar-refractivity contribution < 1.29 is 9.47 Å². The summed E-state index contributed by atoms with van der Waals surface area (Å²) in [6.45, 7) is 2.40. The van der Waals surface area contributed by atoms with Gasteiger partial charge in [-0.2, -0.15) is 0 Å². The fourth-order valence-electron chi connectivity index (χ4n) is 1.79. The van der Waals surface area contributed by atoms with E-state index in [9.17, 15) is 0 Å². The third-order valence-electron chi connectivity index (χ3n) is 2.82. The van der Waals surface area contributed by atoms with Gasteiger partial charge in [0.25, 0.3) is 0 Å². The van der Waals surface area contributed by atoms with E-state index in [-0.39, 0.29) is 0 Å². The Morgan fingerprint density at radius 3 is 2.65 bits per heavy atom. The van der Waals surface area contributed by atoms with E-state index in [0.717, 1.165) is 38.4 Å². The SMILES string of the molecule is [N-]=[N+]=Nc1ccc(OCC2CCOCC2)cc1. The van der Waals surface area contributed by atoms with Crippen molar-refractivity contribution in [2.45, 2.75) is 12.8 Å². The Balaban J connectivity index is 1.83. The molecule has 1 aliphatic heterocycles. The first kappa shape index (κ1) is 11.8. The van der Waals surface area contributed by atoms with Gasteiger partial charge in [-0.05, 0) is 48.6 Å². The summed E-state index contributed by atoms with van der Waals surface area (Å²) in [7, 11) is 0. The minimum absolute atomic E-state index is 0.584. The molecule has 0 atom stereocenters. The van der Waals surface area contributed by atoms with Gasteiger partial charge in [0.1, 0.15) is 5.75 Å². The van der Waals surface area contributed by atoms with Gasteiger partial charge < -0.3 is 9.47 Å². The van der Waals surface area contributed by atoms with Crippen LogP contribution in [0, 0.1) is 5.92 Å². The monoisotopic (exact) mass is 233 g/mol. The van der Waals surface area contributed by atoms with Crippen LogP contribution in [0.15, 0.2) is 29.4 Å². The zero-order valence-corrected chi connectivity index (χ0v) is 9.58. The van der Waals surface area contributed by atoms with E-state index in [1.165, 1.54) is 0 Å². The van der Waals surface area contributed by atoms with Crippen molar-refractivity contribution in [3.8, 4) is 5.75 Å². The Kier molecular flexibility index (Phi) is 4.24. The van der Waals surface area contributed by atoms with Crippen LogP contribution < -0.4 is 4.74 Å². The molecule has 1 aromatic carbocycles. The van der Waals surface area contributed by atoms with Gasteiger partial charge in [0, 0.05) is 23.8 Å². The molecule has 0 aliphatic carbocycles. The maximum absolute atomic E-state index is 8.28. The molecular weight excluding hydrogens is 218 g/mol. The Labute approximate surface area is 100.0 Å². The highest BCUT2D eigenvalue weighted by molar-refractivity contribution is 5.40. The van der Waals surface area contributed by atoms with Gasteiger partial charge in [-0.15, -0.1) is 0 Å². The number of nitrogens with zero attached hydrogens (tertiary/aromatic N) is 3. The zero-order chi connectivity index (χ0) is 11.9. The van der Waals surface area contributed by atoms with Gasteiger partial charge in [0.15, 0.2) is 0 Å². The van der Waals surface area contributed by atoms with E-state index in [2.05, 4.69) is 10.0 Å². The maximum atomic E-state index is 8.28. The lowest BCUT2D eigenvalue weighted by Crippen LogP contribution is -2.21. The molecule has 1 fully saturated rings. The Hall–Kier alpha value is -1.71. The van der Waals surface area contributed by atoms with Crippen LogP contribution in [-0.2, 0) is 4.74 Å². The second-order valence-corrected chi connectivity index (χ2v) is 4.05. The average Bonchev–Trinajstić information content (AvgIpc) is 2.40. The third-order valence-corrected chi connectivity index (χ3v) is 2.82. The Morgan fingerprint density at radius 2 is 2.00 bits per heavy atom. The molecule has 0 aromatic heterocycles. The van der Waals surface area contributed by atoms with Crippen LogP contribution in [0.4, 0.5) is 5.69 Å². The van der Waals surface area contributed by atoms with E-state index < -0.39 is 0 Å². The summed E-state index contributed by atoms with van der Waals surface area (Å²) in [5.74, 6) is 1.40. The molecule has 0 amide bonds. The molecule has 0 spiro atoms. The summed E-state index contributed by atoms with van der Waals surface area (Å²) in [6, 6.07) is 7.14. The van der Waals surface area contributed by atoms with Gasteiger partial charge >= 0.3 is 0 Å². The predicted molar refractivity (Wildman–Crippen MR) is 64.3 cm³/mol. The van der Waals surface area contributed by atoms with E-state index in [0.29, 0.717) is 11.6 Å². The second-order valence-electron chi connectivity index (χ2n) is 4.05. The molecule has 5 nitrogen and oxygen atoms in total. The highest BCUT2D eigenvalue weighted by Gasteiger charge is 2.14. The van der Waals surface area contributed by atoms with Crippen molar-refractivity contribution in [2.75, 3.05) is 19.8 Å². The van der Waals surface area contributed by atoms with E-state index in [1.807, 2.05) is 12.1 Å². The predicted octanol–water partition coefficient (Wildman–Crippen LogP) is 3.43. The summed E-state index contributed by atoms with van der Waals surface area (Å²) in [4.78, 5) is 2.73. The molecule has 1 saturated heterocycles. The largest absolute Gasteiger partial charge is 0.493 e. The first-order valence-electron chi connectivity index (χ1n) is 5.74. The van der Waals surface area contributed by atoms with Gasteiger partial charge in [-0.25, -0.2) is 0 Å². The highest BCUT2D eigenvalue weighted by Crippen LogP contribution is 2.20. The topological polar surface area (TPSA) is 67.2 Å². The van der Waals surface area contributed by atoms with Crippen molar-refractivity contribution in [1.29, 1.82) is 0 Å². The number of benzene rings is 1. The maximum Gasteiger partial charge on any atom is 0.119 e. The molecule has 90 valence electrons. The molecule has 0 bridgehead atoms. The number of ether oxygens (including phenoxy) is 2. The normalized spacial score (nSPS) is 16.2. The van der Waals surface area contributed by atoms with E-state index in [4.69, 9.17) is 15.0 Å². The molecule has 5 heteroatoms. The molecule has 0 N–H and O–H groups in total. The first-order chi connectivity index (χ1) is 8.38.